The Morgan fingerprint density at radius 2 is 2.13 bits per heavy atom. The van der Waals surface area contributed by atoms with Crippen LogP contribution in [0.5, 0.6) is 5.75 Å². The molecular formula is C21H24FN7O2. The van der Waals surface area contributed by atoms with Gasteiger partial charge in [0.25, 0.3) is 5.56 Å². The number of aromatic nitrogens is 5. The number of halogens is 1. The third-order valence-electron chi connectivity index (χ3n) is 6.64. The highest BCUT2D eigenvalue weighted by atomic mass is 19.1. The van der Waals surface area contributed by atoms with Crippen LogP contribution >= 0.6 is 0 Å². The fourth-order valence-corrected chi connectivity index (χ4v) is 4.81. The molecule has 0 amide bonds. The van der Waals surface area contributed by atoms with E-state index < -0.39 is 6.17 Å². The maximum absolute atomic E-state index is 15.0. The van der Waals surface area contributed by atoms with Gasteiger partial charge in [0.15, 0.2) is 11.6 Å². The number of hydrogen-bond donors (Lipinski definition) is 2. The van der Waals surface area contributed by atoms with Crippen LogP contribution < -0.4 is 15.8 Å². The van der Waals surface area contributed by atoms with Crippen LogP contribution in [0.15, 0.2) is 29.5 Å². The summed E-state index contributed by atoms with van der Waals surface area (Å²) in [5.74, 6) is 0.536. The topological polar surface area (TPSA) is 109 Å². The molecule has 2 aliphatic heterocycles. The van der Waals surface area contributed by atoms with Crippen LogP contribution in [0, 0.1) is 0 Å². The smallest absolute Gasteiger partial charge is 0.261 e. The summed E-state index contributed by atoms with van der Waals surface area (Å²) in [6, 6.07) is 2.48. The van der Waals surface area contributed by atoms with E-state index in [1.165, 1.54) is 23.2 Å². The number of aryl methyl sites for hydroxylation is 1. The lowest BCUT2D eigenvalue weighted by Gasteiger charge is -2.43. The number of hydrogen-bond acceptors (Lipinski definition) is 8. The van der Waals surface area contributed by atoms with E-state index in [0.29, 0.717) is 28.7 Å². The summed E-state index contributed by atoms with van der Waals surface area (Å²) >= 11 is 0. The first-order valence-corrected chi connectivity index (χ1v) is 10.3. The van der Waals surface area contributed by atoms with Crippen molar-refractivity contribution in [2.24, 2.45) is 7.05 Å². The molecule has 4 heterocycles. The molecule has 2 bridgehead atoms. The Morgan fingerprint density at radius 1 is 1.32 bits per heavy atom. The molecule has 2 aliphatic rings. The van der Waals surface area contributed by atoms with Crippen LogP contribution in [0.4, 0.5) is 10.2 Å². The lowest BCUT2D eigenvalue weighted by molar-refractivity contribution is 0.144. The zero-order valence-electron chi connectivity index (χ0n) is 17.6. The second-order valence-corrected chi connectivity index (χ2v) is 8.86. The van der Waals surface area contributed by atoms with Gasteiger partial charge in [-0.1, -0.05) is 0 Å². The van der Waals surface area contributed by atoms with Crippen molar-refractivity contribution in [1.29, 1.82) is 0 Å². The van der Waals surface area contributed by atoms with E-state index in [0.717, 1.165) is 12.8 Å². The van der Waals surface area contributed by atoms with Gasteiger partial charge in [0, 0.05) is 25.7 Å². The first kappa shape index (κ1) is 19.8. The standard InChI is InChI=1S/C21H24FN7O2/c1-21-5-4-13(25-21)18(22)15(8-21)29(3)17-9-23-19(27-26-17)12-6-14-11(7-16(12)30)20(31)28(2)10-24-14/h6-7,9-10,13,15,18,25,30H,4-5,8H2,1-3H3/t13?,15?,18-,21+/m0/s1. The molecule has 0 aliphatic carbocycles. The van der Waals surface area contributed by atoms with Gasteiger partial charge in [-0.05, 0) is 38.3 Å². The second kappa shape index (κ2) is 6.94. The van der Waals surface area contributed by atoms with Crippen LogP contribution in [0.1, 0.15) is 26.2 Å². The van der Waals surface area contributed by atoms with Crippen molar-refractivity contribution < 1.29 is 9.50 Å². The van der Waals surface area contributed by atoms with E-state index in [2.05, 4.69) is 32.4 Å². The number of benzene rings is 1. The Hall–Kier alpha value is -3.14. The molecule has 0 radical (unpaired) electrons. The number of aromatic hydroxyl groups is 1. The Bertz CT molecular complexity index is 1210. The fourth-order valence-electron chi connectivity index (χ4n) is 4.81. The molecule has 162 valence electrons. The van der Waals surface area contributed by atoms with E-state index in [1.807, 2.05) is 7.05 Å². The number of phenols is 1. The first-order chi connectivity index (χ1) is 14.8. The van der Waals surface area contributed by atoms with Gasteiger partial charge in [0.2, 0.25) is 0 Å². The van der Waals surface area contributed by atoms with Gasteiger partial charge in [-0.2, -0.15) is 0 Å². The minimum absolute atomic E-state index is 0.0616. The molecule has 0 spiro atoms. The number of nitrogens with zero attached hydrogens (tertiary/aromatic N) is 6. The van der Waals surface area contributed by atoms with Gasteiger partial charge in [0.1, 0.15) is 11.9 Å². The van der Waals surface area contributed by atoms with Crippen LogP contribution in [0.3, 0.4) is 0 Å². The number of fused-ring (bicyclic) bond motifs is 3. The van der Waals surface area contributed by atoms with Crippen LogP contribution in [-0.2, 0) is 7.05 Å². The fraction of sp³-hybridized carbons (Fsp3) is 0.476. The molecule has 5 rings (SSSR count). The van der Waals surface area contributed by atoms with E-state index in [4.69, 9.17) is 0 Å². The van der Waals surface area contributed by atoms with Crippen molar-refractivity contribution in [3.05, 3.63) is 35.0 Å². The Kier molecular flexibility index (Phi) is 4.44. The molecule has 4 atom stereocenters. The number of rotatable bonds is 3. The SMILES string of the molecule is CN(c1cnc(-c2cc3ncn(C)c(=O)c3cc2O)nn1)C1C[C@@]2(C)CCC(N2)[C@@H]1F. The highest BCUT2D eigenvalue weighted by molar-refractivity contribution is 5.85. The van der Waals surface area contributed by atoms with Gasteiger partial charge >= 0.3 is 0 Å². The average molecular weight is 425 g/mol. The number of anilines is 1. The Balaban J connectivity index is 1.44. The quantitative estimate of drug-likeness (QED) is 0.651. The molecule has 3 aromatic rings. The predicted octanol–water partition coefficient (Wildman–Crippen LogP) is 1.55. The molecule has 2 fully saturated rings. The molecular weight excluding hydrogens is 401 g/mol. The molecule has 1 aromatic carbocycles. The van der Waals surface area contributed by atoms with Gasteiger partial charge in [-0.3, -0.25) is 4.79 Å². The zero-order valence-corrected chi connectivity index (χ0v) is 17.6. The number of phenolic OH excluding ortho intramolecular Hbond substituents is 1. The normalized spacial score (nSPS) is 27.5. The Labute approximate surface area is 178 Å². The van der Waals surface area contributed by atoms with E-state index in [-0.39, 0.29) is 34.8 Å². The van der Waals surface area contributed by atoms with Crippen LogP contribution in [0.2, 0.25) is 0 Å². The van der Waals surface area contributed by atoms with E-state index in [9.17, 15) is 9.90 Å². The maximum Gasteiger partial charge on any atom is 0.261 e. The van der Waals surface area contributed by atoms with Crippen LogP contribution in [0.25, 0.3) is 22.3 Å². The summed E-state index contributed by atoms with van der Waals surface area (Å²) < 4.78 is 16.4. The summed E-state index contributed by atoms with van der Waals surface area (Å²) in [7, 11) is 3.40. The lowest BCUT2D eigenvalue weighted by atomic mass is 9.87. The summed E-state index contributed by atoms with van der Waals surface area (Å²) in [5.41, 5.74) is 0.437. The van der Waals surface area contributed by atoms with Crippen molar-refractivity contribution in [2.45, 2.75) is 50.0 Å². The molecule has 2 N–H and O–H groups in total. The van der Waals surface area contributed by atoms with E-state index in [1.54, 1.807) is 18.0 Å². The highest BCUT2D eigenvalue weighted by Gasteiger charge is 2.49. The summed E-state index contributed by atoms with van der Waals surface area (Å²) in [5, 5.41) is 22.5. The molecule has 10 heteroatoms. The van der Waals surface area contributed by atoms with Gasteiger partial charge in [0.05, 0.1) is 35.0 Å². The van der Waals surface area contributed by atoms with Gasteiger partial charge < -0.3 is 19.9 Å². The molecule has 2 aromatic heterocycles. The average Bonchev–Trinajstić information content (AvgIpc) is 3.10. The summed E-state index contributed by atoms with van der Waals surface area (Å²) in [6.07, 6.45) is 4.43. The van der Waals surface area contributed by atoms with E-state index >= 15 is 4.39 Å². The Morgan fingerprint density at radius 3 is 2.87 bits per heavy atom. The van der Waals surface area contributed by atoms with Crippen molar-refractivity contribution in [1.82, 2.24) is 30.0 Å². The number of piperidine rings is 1. The molecule has 0 saturated carbocycles. The van der Waals surface area contributed by atoms with Crippen molar-refractivity contribution in [3.8, 4) is 17.1 Å². The van der Waals surface area contributed by atoms with Gasteiger partial charge in [-0.25, -0.2) is 14.4 Å². The highest BCUT2D eigenvalue weighted by Crippen LogP contribution is 2.39. The summed E-state index contributed by atoms with van der Waals surface area (Å²) in [4.78, 5) is 22.6. The lowest BCUT2D eigenvalue weighted by Crippen LogP contribution is -2.60. The van der Waals surface area contributed by atoms with Crippen molar-refractivity contribution >= 4 is 16.7 Å². The first-order valence-electron chi connectivity index (χ1n) is 10.3. The maximum atomic E-state index is 15.0. The summed E-state index contributed by atoms with van der Waals surface area (Å²) in [6.45, 7) is 2.14. The second-order valence-electron chi connectivity index (χ2n) is 8.86. The van der Waals surface area contributed by atoms with Crippen molar-refractivity contribution in [2.75, 3.05) is 11.9 Å². The molecule has 2 saturated heterocycles. The number of nitrogens with one attached hydrogen (secondary N) is 1. The third kappa shape index (κ3) is 3.21. The largest absolute Gasteiger partial charge is 0.507 e. The van der Waals surface area contributed by atoms with Gasteiger partial charge in [-0.15, -0.1) is 10.2 Å². The molecule has 2 unspecified atom stereocenters. The minimum atomic E-state index is -1.000. The zero-order chi connectivity index (χ0) is 21.9. The monoisotopic (exact) mass is 425 g/mol. The number of alkyl halides is 1. The predicted molar refractivity (Wildman–Crippen MR) is 114 cm³/mol. The van der Waals surface area contributed by atoms with Crippen LogP contribution in [-0.4, -0.2) is 60.7 Å². The van der Waals surface area contributed by atoms with Crippen molar-refractivity contribution in [3.63, 3.8) is 0 Å². The molecule has 9 nitrogen and oxygen atoms in total. The third-order valence-corrected chi connectivity index (χ3v) is 6.64. The minimum Gasteiger partial charge on any atom is -0.507 e. The molecule has 31 heavy (non-hydrogen) atoms.